The van der Waals surface area contributed by atoms with Gasteiger partial charge in [-0.05, 0) is 48.4 Å². The minimum Gasteiger partial charge on any atom is -0.516 e. The van der Waals surface area contributed by atoms with E-state index in [-0.39, 0.29) is 30.7 Å². The van der Waals surface area contributed by atoms with Crippen LogP contribution >= 0.6 is 0 Å². The number of hydrogen-bond donors (Lipinski definition) is 5. The Hall–Kier alpha value is -3.32. The van der Waals surface area contributed by atoms with E-state index in [1.165, 1.54) is 6.08 Å². The Kier molecular flexibility index (Phi) is 8.05. The average Bonchev–Trinajstić information content (AvgIpc) is 2.71. The second-order valence-electron chi connectivity index (χ2n) is 6.31. The highest BCUT2D eigenvalue weighted by atomic mass is 16.2. The lowest BCUT2D eigenvalue weighted by atomic mass is 9.94. The van der Waals surface area contributed by atoms with Crippen molar-refractivity contribution in [2.75, 3.05) is 17.6 Å². The van der Waals surface area contributed by atoms with Gasteiger partial charge in [-0.15, -0.1) is 0 Å². The van der Waals surface area contributed by atoms with Crippen molar-refractivity contribution in [1.82, 2.24) is 5.32 Å². The molecule has 2 aromatic carbocycles. The molecule has 0 radical (unpaired) electrons. The Labute approximate surface area is 164 Å². The minimum atomic E-state index is -0.350. The van der Waals surface area contributed by atoms with Crippen molar-refractivity contribution in [3.8, 4) is 0 Å². The summed E-state index contributed by atoms with van der Waals surface area (Å²) in [7, 11) is 0. The second kappa shape index (κ2) is 10.7. The van der Waals surface area contributed by atoms with Gasteiger partial charge in [0.1, 0.15) is 0 Å². The van der Waals surface area contributed by atoms with Crippen LogP contribution < -0.4 is 22.1 Å². The van der Waals surface area contributed by atoms with Crippen LogP contribution in [0.2, 0.25) is 0 Å². The standard InChI is InChI=1S/C21H26N4O3/c22-11-10-18(15-5-2-1-3-6-15)21(28)25-17-8-9-19(23)16(13-17)14-24-20(27)7-4-12-26/h1-6,8-9,12-13,18,26H,7,10-11,14,22-23H2,(H,24,27)(H,25,28)/b12-4-. The van der Waals surface area contributed by atoms with E-state index >= 15 is 0 Å². The molecule has 0 fully saturated rings. The van der Waals surface area contributed by atoms with E-state index in [9.17, 15) is 9.59 Å². The lowest BCUT2D eigenvalue weighted by Gasteiger charge is -2.17. The first-order valence-electron chi connectivity index (χ1n) is 9.05. The third kappa shape index (κ3) is 6.14. The predicted molar refractivity (Wildman–Crippen MR) is 111 cm³/mol. The Morgan fingerprint density at radius 2 is 1.89 bits per heavy atom. The van der Waals surface area contributed by atoms with Crippen LogP contribution in [-0.4, -0.2) is 23.5 Å². The summed E-state index contributed by atoms with van der Waals surface area (Å²) in [6.45, 7) is 0.618. The largest absolute Gasteiger partial charge is 0.516 e. The molecule has 0 saturated heterocycles. The molecule has 2 aromatic rings. The molecule has 0 spiro atoms. The van der Waals surface area contributed by atoms with Crippen molar-refractivity contribution in [1.29, 1.82) is 0 Å². The molecule has 0 heterocycles. The van der Waals surface area contributed by atoms with Crippen LogP contribution in [0.5, 0.6) is 0 Å². The molecule has 7 heteroatoms. The van der Waals surface area contributed by atoms with Crippen molar-refractivity contribution in [3.63, 3.8) is 0 Å². The molecule has 1 unspecified atom stereocenters. The number of anilines is 2. The highest BCUT2D eigenvalue weighted by Crippen LogP contribution is 2.23. The molecule has 7 nitrogen and oxygen atoms in total. The maximum absolute atomic E-state index is 12.8. The van der Waals surface area contributed by atoms with Gasteiger partial charge in [-0.2, -0.15) is 0 Å². The van der Waals surface area contributed by atoms with Crippen LogP contribution in [0.3, 0.4) is 0 Å². The number of hydrogen-bond acceptors (Lipinski definition) is 5. The summed E-state index contributed by atoms with van der Waals surface area (Å²) in [4.78, 5) is 24.5. The maximum Gasteiger partial charge on any atom is 0.231 e. The van der Waals surface area contributed by atoms with Crippen molar-refractivity contribution in [2.24, 2.45) is 5.73 Å². The Morgan fingerprint density at radius 1 is 1.14 bits per heavy atom. The molecule has 148 valence electrons. The van der Waals surface area contributed by atoms with E-state index in [2.05, 4.69) is 10.6 Å². The first-order chi connectivity index (χ1) is 13.5. The number of nitrogens with one attached hydrogen (secondary N) is 2. The van der Waals surface area contributed by atoms with Crippen molar-refractivity contribution in [3.05, 3.63) is 72.0 Å². The van der Waals surface area contributed by atoms with Crippen LogP contribution in [0.4, 0.5) is 11.4 Å². The SMILES string of the molecule is NCCC(C(=O)Nc1ccc(N)c(CNC(=O)C/C=C\O)c1)c1ccccc1. The van der Waals surface area contributed by atoms with Crippen LogP contribution in [0.15, 0.2) is 60.9 Å². The topological polar surface area (TPSA) is 130 Å². The number of rotatable bonds is 9. The van der Waals surface area contributed by atoms with Gasteiger partial charge in [0.05, 0.1) is 12.2 Å². The van der Waals surface area contributed by atoms with Crippen LogP contribution in [-0.2, 0) is 16.1 Å². The monoisotopic (exact) mass is 382 g/mol. The number of nitrogens with two attached hydrogens (primary N) is 2. The van der Waals surface area contributed by atoms with Gasteiger partial charge in [0.2, 0.25) is 11.8 Å². The highest BCUT2D eigenvalue weighted by molar-refractivity contribution is 5.96. The lowest BCUT2D eigenvalue weighted by molar-refractivity contribution is -0.120. The van der Waals surface area contributed by atoms with E-state index in [0.29, 0.717) is 29.9 Å². The van der Waals surface area contributed by atoms with Gasteiger partial charge in [-0.1, -0.05) is 30.3 Å². The number of aliphatic hydroxyl groups excluding tert-OH is 1. The van der Waals surface area contributed by atoms with Gasteiger partial charge in [-0.25, -0.2) is 0 Å². The molecule has 2 amide bonds. The minimum absolute atomic E-state index is 0.0741. The zero-order valence-corrected chi connectivity index (χ0v) is 15.6. The lowest BCUT2D eigenvalue weighted by Crippen LogP contribution is -2.24. The van der Waals surface area contributed by atoms with Gasteiger partial charge in [-0.3, -0.25) is 9.59 Å². The number of amides is 2. The van der Waals surface area contributed by atoms with Crippen molar-refractivity contribution >= 4 is 23.2 Å². The highest BCUT2D eigenvalue weighted by Gasteiger charge is 2.20. The average molecular weight is 382 g/mol. The van der Waals surface area contributed by atoms with E-state index in [1.54, 1.807) is 18.2 Å². The first-order valence-corrected chi connectivity index (χ1v) is 9.05. The molecule has 1 atom stereocenters. The Morgan fingerprint density at radius 3 is 2.57 bits per heavy atom. The van der Waals surface area contributed by atoms with E-state index in [1.807, 2.05) is 30.3 Å². The third-order valence-corrected chi connectivity index (χ3v) is 4.27. The molecular formula is C21H26N4O3. The van der Waals surface area contributed by atoms with Gasteiger partial charge < -0.3 is 27.2 Å². The quantitative estimate of drug-likeness (QED) is 0.336. The van der Waals surface area contributed by atoms with Gasteiger partial charge in [0.15, 0.2) is 0 Å². The molecule has 2 rings (SSSR count). The fourth-order valence-electron chi connectivity index (χ4n) is 2.79. The van der Waals surface area contributed by atoms with Crippen LogP contribution in [0.25, 0.3) is 0 Å². The molecule has 0 aliphatic rings. The number of benzene rings is 2. The zero-order valence-electron chi connectivity index (χ0n) is 15.6. The second-order valence-corrected chi connectivity index (χ2v) is 6.31. The number of nitrogen functional groups attached to an aromatic ring is 1. The Bertz CT molecular complexity index is 822. The molecule has 7 N–H and O–H groups in total. The smallest absolute Gasteiger partial charge is 0.231 e. The normalized spacial score (nSPS) is 11.9. The van der Waals surface area contributed by atoms with Crippen LogP contribution in [0.1, 0.15) is 29.9 Å². The molecule has 0 aliphatic heterocycles. The molecular weight excluding hydrogens is 356 g/mol. The zero-order chi connectivity index (χ0) is 20.4. The van der Waals surface area contributed by atoms with Gasteiger partial charge >= 0.3 is 0 Å². The molecule has 0 aliphatic carbocycles. The third-order valence-electron chi connectivity index (χ3n) is 4.27. The van der Waals surface area contributed by atoms with Crippen LogP contribution in [0, 0.1) is 0 Å². The van der Waals surface area contributed by atoms with Gasteiger partial charge in [0.25, 0.3) is 0 Å². The Balaban J connectivity index is 2.08. The van der Waals surface area contributed by atoms with Gasteiger partial charge in [0, 0.05) is 24.3 Å². The summed E-state index contributed by atoms with van der Waals surface area (Å²) in [5.41, 5.74) is 14.4. The summed E-state index contributed by atoms with van der Waals surface area (Å²) in [5.74, 6) is -0.743. The fraction of sp³-hybridized carbons (Fsp3) is 0.238. The van der Waals surface area contributed by atoms with Crippen molar-refractivity contribution in [2.45, 2.75) is 25.3 Å². The summed E-state index contributed by atoms with van der Waals surface area (Å²) >= 11 is 0. The van der Waals surface area contributed by atoms with Crippen molar-refractivity contribution < 1.29 is 14.7 Å². The maximum atomic E-state index is 12.8. The number of aliphatic hydroxyl groups is 1. The molecule has 0 bridgehead atoms. The molecule has 28 heavy (non-hydrogen) atoms. The van der Waals surface area contributed by atoms with E-state index in [4.69, 9.17) is 16.6 Å². The fourth-order valence-corrected chi connectivity index (χ4v) is 2.79. The molecule has 0 aromatic heterocycles. The molecule has 0 saturated carbocycles. The summed E-state index contributed by atoms with van der Waals surface area (Å²) < 4.78 is 0. The summed E-state index contributed by atoms with van der Waals surface area (Å²) in [5, 5.41) is 14.2. The number of carbonyl (C=O) groups excluding carboxylic acids is 2. The summed E-state index contributed by atoms with van der Waals surface area (Å²) in [6.07, 6.45) is 2.78. The first kappa shape index (κ1) is 21.0. The predicted octanol–water partition coefficient (Wildman–Crippen LogP) is 2.42. The van der Waals surface area contributed by atoms with E-state index < -0.39 is 0 Å². The number of carbonyl (C=O) groups is 2. The van der Waals surface area contributed by atoms with E-state index in [0.717, 1.165) is 11.8 Å². The summed E-state index contributed by atoms with van der Waals surface area (Å²) in [6, 6.07) is 14.6.